The van der Waals surface area contributed by atoms with Gasteiger partial charge in [-0.2, -0.15) is 0 Å². The first kappa shape index (κ1) is 16.9. The molecule has 1 saturated heterocycles. The van der Waals surface area contributed by atoms with Gasteiger partial charge in [0.2, 0.25) is 0 Å². The first-order valence-electron chi connectivity index (χ1n) is 8.53. The van der Waals surface area contributed by atoms with Crippen LogP contribution in [0.5, 0.6) is 0 Å². The van der Waals surface area contributed by atoms with E-state index in [0.717, 1.165) is 36.8 Å². The Hall–Kier alpha value is -0.910. The van der Waals surface area contributed by atoms with Gasteiger partial charge in [-0.3, -0.25) is 9.69 Å². The minimum Gasteiger partial charge on any atom is -0.391 e. The molecule has 0 radical (unpaired) electrons. The molecule has 1 aliphatic carbocycles. The lowest BCUT2D eigenvalue weighted by Gasteiger charge is -2.45. The largest absolute Gasteiger partial charge is 0.391 e. The SMILES string of the molecule is CN(C(=O)c1ccc(Br)cc1)C1C(O)CCCC1N1CCCC1. The smallest absolute Gasteiger partial charge is 0.253 e. The third kappa shape index (κ3) is 3.62. The predicted octanol–water partition coefficient (Wildman–Crippen LogP) is 2.90. The molecule has 0 aromatic heterocycles. The molecular formula is C18H25BrN2O2. The van der Waals surface area contributed by atoms with Crippen LogP contribution in [-0.2, 0) is 0 Å². The Morgan fingerprint density at radius 2 is 1.83 bits per heavy atom. The zero-order valence-corrected chi connectivity index (χ0v) is 15.2. The molecule has 1 aromatic rings. The van der Waals surface area contributed by atoms with E-state index in [0.29, 0.717) is 5.56 Å². The number of carbonyl (C=O) groups is 1. The van der Waals surface area contributed by atoms with Crippen molar-refractivity contribution in [2.75, 3.05) is 20.1 Å². The van der Waals surface area contributed by atoms with E-state index in [1.807, 2.05) is 31.3 Å². The number of amides is 1. The number of benzene rings is 1. The van der Waals surface area contributed by atoms with Gasteiger partial charge < -0.3 is 10.0 Å². The van der Waals surface area contributed by atoms with Crippen LogP contribution in [0.4, 0.5) is 0 Å². The maximum Gasteiger partial charge on any atom is 0.253 e. The molecule has 23 heavy (non-hydrogen) atoms. The van der Waals surface area contributed by atoms with Gasteiger partial charge in [-0.1, -0.05) is 15.9 Å². The van der Waals surface area contributed by atoms with Gasteiger partial charge in [-0.25, -0.2) is 0 Å². The average molecular weight is 381 g/mol. The number of likely N-dealkylation sites (N-methyl/N-ethyl adjacent to an activating group) is 1. The molecule has 1 amide bonds. The van der Waals surface area contributed by atoms with Crippen LogP contribution in [0, 0.1) is 0 Å². The van der Waals surface area contributed by atoms with Crippen LogP contribution in [0.25, 0.3) is 0 Å². The number of nitrogens with zero attached hydrogens (tertiary/aromatic N) is 2. The molecule has 3 rings (SSSR count). The molecule has 1 heterocycles. The average Bonchev–Trinajstić information content (AvgIpc) is 3.08. The second-order valence-corrected chi connectivity index (χ2v) is 7.64. The lowest BCUT2D eigenvalue weighted by molar-refractivity contribution is -0.0149. The van der Waals surface area contributed by atoms with Crippen LogP contribution in [0.15, 0.2) is 28.7 Å². The van der Waals surface area contributed by atoms with Crippen molar-refractivity contribution in [1.82, 2.24) is 9.80 Å². The number of carbonyl (C=O) groups excluding carboxylic acids is 1. The first-order valence-corrected chi connectivity index (χ1v) is 9.32. The predicted molar refractivity (Wildman–Crippen MR) is 94.5 cm³/mol. The maximum atomic E-state index is 12.8. The van der Waals surface area contributed by atoms with Crippen molar-refractivity contribution in [1.29, 1.82) is 0 Å². The Morgan fingerprint density at radius 1 is 1.17 bits per heavy atom. The fourth-order valence-corrected chi connectivity index (χ4v) is 4.32. The summed E-state index contributed by atoms with van der Waals surface area (Å²) in [6.45, 7) is 2.18. The van der Waals surface area contributed by atoms with Crippen molar-refractivity contribution in [3.63, 3.8) is 0 Å². The Labute approximate surface area is 146 Å². The van der Waals surface area contributed by atoms with Crippen molar-refractivity contribution >= 4 is 21.8 Å². The summed E-state index contributed by atoms with van der Waals surface area (Å²) in [6, 6.07) is 7.61. The second-order valence-electron chi connectivity index (χ2n) is 6.72. The number of rotatable bonds is 3. The highest BCUT2D eigenvalue weighted by Gasteiger charge is 2.40. The van der Waals surface area contributed by atoms with E-state index in [1.165, 1.54) is 12.8 Å². The molecule has 2 aliphatic rings. The standard InChI is InChI=1S/C18H25BrN2O2/c1-20(18(23)13-7-9-14(19)10-8-13)17-15(5-4-6-16(17)22)21-11-2-3-12-21/h7-10,15-17,22H,2-6,11-12H2,1H3. The summed E-state index contributed by atoms with van der Waals surface area (Å²) in [5, 5.41) is 10.6. The molecule has 0 spiro atoms. The number of hydrogen-bond acceptors (Lipinski definition) is 3. The van der Waals surface area contributed by atoms with Gasteiger partial charge in [0.1, 0.15) is 0 Å². The van der Waals surface area contributed by atoms with Crippen LogP contribution < -0.4 is 0 Å². The summed E-state index contributed by atoms with van der Waals surface area (Å²) in [5.74, 6) is -0.00681. The Balaban J connectivity index is 1.80. The molecule has 3 atom stereocenters. The molecule has 1 N–H and O–H groups in total. The summed E-state index contributed by atoms with van der Waals surface area (Å²) < 4.78 is 0.962. The van der Waals surface area contributed by atoms with Crippen molar-refractivity contribution in [2.45, 2.75) is 50.3 Å². The zero-order valence-electron chi connectivity index (χ0n) is 13.6. The molecule has 1 aromatic carbocycles. The highest BCUT2D eigenvalue weighted by atomic mass is 79.9. The number of aliphatic hydroxyl groups excluding tert-OH is 1. The first-order chi connectivity index (χ1) is 11.1. The molecule has 1 saturated carbocycles. The molecule has 4 nitrogen and oxygen atoms in total. The third-order valence-electron chi connectivity index (χ3n) is 5.26. The maximum absolute atomic E-state index is 12.8. The molecule has 3 unspecified atom stereocenters. The Kier molecular flexibility index (Phi) is 5.39. The van der Waals surface area contributed by atoms with Gasteiger partial charge in [0, 0.05) is 23.1 Å². The quantitative estimate of drug-likeness (QED) is 0.876. The lowest BCUT2D eigenvalue weighted by Crippen LogP contribution is -2.58. The fourth-order valence-electron chi connectivity index (χ4n) is 4.05. The topological polar surface area (TPSA) is 43.8 Å². The van der Waals surface area contributed by atoms with Gasteiger partial charge in [0.05, 0.1) is 12.1 Å². The molecule has 0 bridgehead atoms. The minimum absolute atomic E-state index is 0.00681. The number of halogens is 1. The highest BCUT2D eigenvalue weighted by molar-refractivity contribution is 9.10. The van der Waals surface area contributed by atoms with Crippen molar-refractivity contribution in [2.24, 2.45) is 0 Å². The third-order valence-corrected chi connectivity index (χ3v) is 5.79. The molecule has 126 valence electrons. The zero-order chi connectivity index (χ0) is 16.4. The summed E-state index contributed by atoms with van der Waals surface area (Å²) in [7, 11) is 1.84. The fraction of sp³-hybridized carbons (Fsp3) is 0.611. The molecular weight excluding hydrogens is 356 g/mol. The number of likely N-dealkylation sites (tertiary alicyclic amines) is 1. The number of hydrogen-bond donors (Lipinski definition) is 1. The van der Waals surface area contributed by atoms with Gasteiger partial charge in [-0.15, -0.1) is 0 Å². The highest BCUT2D eigenvalue weighted by Crippen LogP contribution is 2.30. The van der Waals surface area contributed by atoms with Crippen molar-refractivity contribution < 1.29 is 9.90 Å². The summed E-state index contributed by atoms with van der Waals surface area (Å²) in [6.07, 6.45) is 4.91. The van der Waals surface area contributed by atoms with E-state index >= 15 is 0 Å². The molecule has 2 fully saturated rings. The second kappa shape index (κ2) is 7.32. The van der Waals surface area contributed by atoms with Gasteiger partial charge in [0.15, 0.2) is 0 Å². The van der Waals surface area contributed by atoms with E-state index in [9.17, 15) is 9.90 Å². The van der Waals surface area contributed by atoms with E-state index in [2.05, 4.69) is 20.8 Å². The lowest BCUT2D eigenvalue weighted by atomic mass is 9.85. The van der Waals surface area contributed by atoms with E-state index in [-0.39, 0.29) is 18.0 Å². The normalized spacial score (nSPS) is 28.7. The van der Waals surface area contributed by atoms with Crippen LogP contribution >= 0.6 is 15.9 Å². The Morgan fingerprint density at radius 3 is 2.48 bits per heavy atom. The molecule has 1 aliphatic heterocycles. The molecule has 5 heteroatoms. The van der Waals surface area contributed by atoms with Crippen molar-refractivity contribution in [3.8, 4) is 0 Å². The van der Waals surface area contributed by atoms with E-state index < -0.39 is 6.10 Å². The van der Waals surface area contributed by atoms with Gasteiger partial charge >= 0.3 is 0 Å². The summed E-state index contributed by atoms with van der Waals surface area (Å²) in [5.41, 5.74) is 0.675. The number of aliphatic hydroxyl groups is 1. The summed E-state index contributed by atoms with van der Waals surface area (Å²) >= 11 is 3.40. The van der Waals surface area contributed by atoms with E-state index in [1.54, 1.807) is 4.90 Å². The monoisotopic (exact) mass is 380 g/mol. The minimum atomic E-state index is -0.432. The van der Waals surface area contributed by atoms with Gasteiger partial charge in [-0.05, 0) is 69.5 Å². The van der Waals surface area contributed by atoms with Crippen LogP contribution in [0.2, 0.25) is 0 Å². The Bertz CT molecular complexity index is 542. The van der Waals surface area contributed by atoms with Gasteiger partial charge in [0.25, 0.3) is 5.91 Å². The van der Waals surface area contributed by atoms with Crippen LogP contribution in [-0.4, -0.2) is 59.1 Å². The summed E-state index contributed by atoms with van der Waals surface area (Å²) in [4.78, 5) is 17.1. The van der Waals surface area contributed by atoms with Crippen molar-refractivity contribution in [3.05, 3.63) is 34.3 Å². The van der Waals surface area contributed by atoms with Crippen LogP contribution in [0.1, 0.15) is 42.5 Å². The van der Waals surface area contributed by atoms with E-state index in [4.69, 9.17) is 0 Å². The van der Waals surface area contributed by atoms with Crippen LogP contribution in [0.3, 0.4) is 0 Å².